The van der Waals surface area contributed by atoms with E-state index >= 15 is 0 Å². The largest absolute Gasteiger partial charge is 0.507 e. The molecule has 0 heterocycles. The van der Waals surface area contributed by atoms with Gasteiger partial charge in [0.1, 0.15) is 17.3 Å². The zero-order valence-corrected chi connectivity index (χ0v) is 12.6. The fourth-order valence-electron chi connectivity index (χ4n) is 1.53. The molecule has 1 rings (SSSR count). The molecule has 0 unspecified atom stereocenters. The molecule has 7 heteroatoms. The molecule has 21 heavy (non-hydrogen) atoms. The van der Waals surface area contributed by atoms with Gasteiger partial charge in [-0.15, -0.1) is 0 Å². The van der Waals surface area contributed by atoms with E-state index in [0.29, 0.717) is 12.4 Å². The molecule has 0 aromatic heterocycles. The van der Waals surface area contributed by atoms with Crippen molar-refractivity contribution in [1.82, 2.24) is 0 Å². The van der Waals surface area contributed by atoms with E-state index in [1.165, 1.54) is 19.2 Å². The highest BCUT2D eigenvalue weighted by Gasteiger charge is 2.17. The number of benzene rings is 1. The minimum absolute atomic E-state index is 0.167. The van der Waals surface area contributed by atoms with E-state index in [9.17, 15) is 14.7 Å². The van der Waals surface area contributed by atoms with Crippen molar-refractivity contribution in [2.24, 2.45) is 0 Å². The van der Waals surface area contributed by atoms with Gasteiger partial charge in [-0.1, -0.05) is 11.6 Å². The molecule has 0 radical (unpaired) electrons. The highest BCUT2D eigenvalue weighted by Crippen LogP contribution is 2.35. The number of carbonyl (C=O) groups excluding carboxylic acids is 2. The lowest BCUT2D eigenvalue weighted by atomic mass is 10.1. The van der Waals surface area contributed by atoms with Crippen LogP contribution in [0.1, 0.15) is 12.5 Å². The SMILES string of the molecule is CCOc1cc(OC)c(Cl)cc1C(O)=CC(=O)C(=O)OC. The molecule has 0 atom stereocenters. The molecule has 0 amide bonds. The second kappa shape index (κ2) is 7.54. The summed E-state index contributed by atoms with van der Waals surface area (Å²) in [7, 11) is 2.51. The molecule has 0 saturated carbocycles. The Morgan fingerprint density at radius 3 is 2.48 bits per heavy atom. The van der Waals surface area contributed by atoms with Gasteiger partial charge in [0.05, 0.1) is 31.4 Å². The molecule has 0 spiro atoms. The number of rotatable bonds is 6. The van der Waals surface area contributed by atoms with E-state index in [0.717, 1.165) is 13.2 Å². The van der Waals surface area contributed by atoms with Gasteiger partial charge < -0.3 is 19.3 Å². The third kappa shape index (κ3) is 4.13. The molecule has 1 aromatic rings. The second-order valence-electron chi connectivity index (χ2n) is 3.80. The molecule has 6 nitrogen and oxygen atoms in total. The summed E-state index contributed by atoms with van der Waals surface area (Å²) in [5.74, 6) is -1.91. The highest BCUT2D eigenvalue weighted by molar-refractivity contribution is 6.39. The first-order chi connectivity index (χ1) is 9.94. The van der Waals surface area contributed by atoms with Crippen molar-refractivity contribution >= 4 is 29.1 Å². The van der Waals surface area contributed by atoms with E-state index in [-0.39, 0.29) is 16.3 Å². The first-order valence-corrected chi connectivity index (χ1v) is 6.36. The van der Waals surface area contributed by atoms with Crippen LogP contribution in [-0.2, 0) is 14.3 Å². The maximum Gasteiger partial charge on any atom is 0.378 e. The lowest BCUT2D eigenvalue weighted by Crippen LogP contribution is -2.13. The molecule has 1 N–H and O–H groups in total. The minimum Gasteiger partial charge on any atom is -0.507 e. The number of aliphatic hydroxyl groups is 1. The van der Waals surface area contributed by atoms with Gasteiger partial charge in [-0.25, -0.2) is 4.79 Å². The predicted molar refractivity (Wildman–Crippen MR) is 76.8 cm³/mol. The number of ether oxygens (including phenoxy) is 3. The quantitative estimate of drug-likeness (QED) is 0.376. The molecule has 0 fully saturated rings. The Hall–Kier alpha value is -2.21. The maximum absolute atomic E-state index is 11.4. The third-order valence-corrected chi connectivity index (χ3v) is 2.78. The zero-order valence-electron chi connectivity index (χ0n) is 11.8. The molecule has 0 saturated heterocycles. The Morgan fingerprint density at radius 2 is 1.95 bits per heavy atom. The van der Waals surface area contributed by atoms with Crippen LogP contribution in [0.25, 0.3) is 5.76 Å². The fraction of sp³-hybridized carbons (Fsp3) is 0.286. The number of methoxy groups -OCH3 is 2. The number of carbonyl (C=O) groups is 2. The Kier molecular flexibility index (Phi) is 6.05. The number of hydrogen-bond donors (Lipinski definition) is 1. The summed E-state index contributed by atoms with van der Waals surface area (Å²) in [6, 6.07) is 2.86. The van der Waals surface area contributed by atoms with Crippen molar-refractivity contribution in [3.05, 3.63) is 28.8 Å². The van der Waals surface area contributed by atoms with Gasteiger partial charge in [-0.3, -0.25) is 4.79 Å². The summed E-state index contributed by atoms with van der Waals surface area (Å²) in [6.07, 6.45) is 0.743. The van der Waals surface area contributed by atoms with Crippen LogP contribution in [0.4, 0.5) is 0 Å². The molecular formula is C14H15ClO6. The Morgan fingerprint density at radius 1 is 1.29 bits per heavy atom. The smallest absolute Gasteiger partial charge is 0.378 e. The summed E-state index contributed by atoms with van der Waals surface area (Å²) in [6.45, 7) is 2.08. The van der Waals surface area contributed by atoms with Gasteiger partial charge in [0.2, 0.25) is 0 Å². The van der Waals surface area contributed by atoms with Crippen LogP contribution < -0.4 is 9.47 Å². The Balaban J connectivity index is 3.27. The molecule has 114 valence electrons. The Bertz CT molecular complexity index is 579. The fourth-order valence-corrected chi connectivity index (χ4v) is 1.77. The average molecular weight is 315 g/mol. The van der Waals surface area contributed by atoms with Crippen molar-refractivity contribution in [3.63, 3.8) is 0 Å². The summed E-state index contributed by atoms with van der Waals surface area (Å²) in [5, 5.41) is 10.2. The van der Waals surface area contributed by atoms with Crippen molar-refractivity contribution in [1.29, 1.82) is 0 Å². The summed E-state index contributed by atoms with van der Waals surface area (Å²) in [5.41, 5.74) is 0.167. The maximum atomic E-state index is 11.4. The van der Waals surface area contributed by atoms with Crippen molar-refractivity contribution in [3.8, 4) is 11.5 Å². The van der Waals surface area contributed by atoms with Gasteiger partial charge in [-0.2, -0.15) is 0 Å². The van der Waals surface area contributed by atoms with Gasteiger partial charge in [-0.05, 0) is 13.0 Å². The number of aliphatic hydroxyl groups excluding tert-OH is 1. The lowest BCUT2D eigenvalue weighted by molar-refractivity contribution is -0.149. The number of esters is 1. The summed E-state index contributed by atoms with van der Waals surface area (Å²) >= 11 is 5.98. The van der Waals surface area contributed by atoms with Gasteiger partial charge in [0.15, 0.2) is 0 Å². The second-order valence-corrected chi connectivity index (χ2v) is 4.21. The summed E-state index contributed by atoms with van der Waals surface area (Å²) in [4.78, 5) is 22.5. The lowest BCUT2D eigenvalue weighted by Gasteiger charge is -2.12. The van der Waals surface area contributed by atoms with E-state index < -0.39 is 17.5 Å². The van der Waals surface area contributed by atoms with Crippen LogP contribution in [0.15, 0.2) is 18.2 Å². The van der Waals surface area contributed by atoms with Gasteiger partial charge >= 0.3 is 5.97 Å². The zero-order chi connectivity index (χ0) is 16.0. The first kappa shape index (κ1) is 16.8. The standard InChI is InChI=1S/C14H15ClO6/c1-4-21-12-7-13(19-2)9(15)5-8(12)10(16)6-11(17)14(18)20-3/h5-7,16H,4H2,1-3H3. The normalized spacial score (nSPS) is 11.0. The first-order valence-electron chi connectivity index (χ1n) is 5.98. The van der Waals surface area contributed by atoms with Crippen LogP contribution in [0.3, 0.4) is 0 Å². The van der Waals surface area contributed by atoms with Crippen LogP contribution in [0.2, 0.25) is 5.02 Å². The van der Waals surface area contributed by atoms with Crippen molar-refractivity contribution in [2.45, 2.75) is 6.92 Å². The molecule has 0 aliphatic carbocycles. The minimum atomic E-state index is -1.08. The van der Waals surface area contributed by atoms with Crippen LogP contribution >= 0.6 is 11.6 Å². The predicted octanol–water partition coefficient (Wildman–Crippen LogP) is 2.39. The van der Waals surface area contributed by atoms with Crippen molar-refractivity contribution < 1.29 is 28.9 Å². The van der Waals surface area contributed by atoms with Crippen LogP contribution in [-0.4, -0.2) is 37.7 Å². The molecule has 0 bridgehead atoms. The Labute approximate surface area is 126 Å². The van der Waals surface area contributed by atoms with E-state index in [2.05, 4.69) is 4.74 Å². The van der Waals surface area contributed by atoms with E-state index in [4.69, 9.17) is 21.1 Å². The van der Waals surface area contributed by atoms with E-state index in [1.807, 2.05) is 0 Å². The van der Waals surface area contributed by atoms with Crippen LogP contribution in [0, 0.1) is 0 Å². The summed E-state index contributed by atoms with van der Waals surface area (Å²) < 4.78 is 14.7. The molecular weight excluding hydrogens is 300 g/mol. The van der Waals surface area contributed by atoms with Crippen LogP contribution in [0.5, 0.6) is 11.5 Å². The number of hydrogen-bond acceptors (Lipinski definition) is 6. The highest BCUT2D eigenvalue weighted by atomic mass is 35.5. The monoisotopic (exact) mass is 314 g/mol. The number of halogens is 1. The van der Waals surface area contributed by atoms with Crippen molar-refractivity contribution in [2.75, 3.05) is 20.8 Å². The van der Waals surface area contributed by atoms with Gasteiger partial charge in [0.25, 0.3) is 5.78 Å². The van der Waals surface area contributed by atoms with E-state index in [1.54, 1.807) is 6.92 Å². The topological polar surface area (TPSA) is 82.1 Å². The molecule has 0 aliphatic rings. The van der Waals surface area contributed by atoms with Gasteiger partial charge in [0, 0.05) is 12.1 Å². The molecule has 0 aliphatic heterocycles. The third-order valence-electron chi connectivity index (χ3n) is 2.48. The average Bonchev–Trinajstić information content (AvgIpc) is 2.47. The molecule has 1 aromatic carbocycles. The number of ketones is 1.